The van der Waals surface area contributed by atoms with Crippen molar-refractivity contribution in [2.45, 2.75) is 25.4 Å². The van der Waals surface area contributed by atoms with E-state index < -0.39 is 0 Å². The maximum Gasteiger partial charge on any atom is 0.251 e. The Bertz CT molecular complexity index is 697. The summed E-state index contributed by atoms with van der Waals surface area (Å²) in [5, 5.41) is 12.7. The summed E-state index contributed by atoms with van der Waals surface area (Å²) >= 11 is 0. The van der Waals surface area contributed by atoms with Crippen molar-refractivity contribution in [1.29, 1.82) is 0 Å². The van der Waals surface area contributed by atoms with E-state index in [-0.39, 0.29) is 23.7 Å². The molecule has 0 spiro atoms. The third kappa shape index (κ3) is 2.50. The van der Waals surface area contributed by atoms with Gasteiger partial charge in [-0.3, -0.25) is 4.79 Å². The molecular formula is C17H18N2O2. The number of nitrogens with two attached hydrogens (primary N) is 1. The van der Waals surface area contributed by atoms with Crippen LogP contribution in [0, 0.1) is 6.92 Å². The molecule has 2 aromatic rings. The highest BCUT2D eigenvalue weighted by Gasteiger charge is 2.30. The molecule has 108 valence electrons. The summed E-state index contributed by atoms with van der Waals surface area (Å²) in [6.45, 7) is 1.79. The first kappa shape index (κ1) is 13.6. The molecule has 4 nitrogen and oxygen atoms in total. The zero-order valence-corrected chi connectivity index (χ0v) is 11.8. The van der Waals surface area contributed by atoms with Crippen LogP contribution in [0.25, 0.3) is 0 Å². The van der Waals surface area contributed by atoms with Crippen LogP contribution in [0.2, 0.25) is 0 Å². The number of aryl methyl sites for hydroxylation is 1. The molecule has 0 saturated heterocycles. The topological polar surface area (TPSA) is 75.4 Å². The van der Waals surface area contributed by atoms with Gasteiger partial charge in [0, 0.05) is 11.6 Å². The molecule has 21 heavy (non-hydrogen) atoms. The van der Waals surface area contributed by atoms with Gasteiger partial charge in [0.1, 0.15) is 5.75 Å². The third-order valence-electron chi connectivity index (χ3n) is 4.03. The highest BCUT2D eigenvalue weighted by molar-refractivity contribution is 5.95. The molecule has 0 aliphatic heterocycles. The summed E-state index contributed by atoms with van der Waals surface area (Å²) in [4.78, 5) is 12.3. The Morgan fingerprint density at radius 2 is 2.05 bits per heavy atom. The number of amides is 1. The maximum atomic E-state index is 12.3. The van der Waals surface area contributed by atoms with Gasteiger partial charge in [-0.1, -0.05) is 30.3 Å². The molecule has 4 N–H and O–H groups in total. The molecule has 2 atom stereocenters. The van der Waals surface area contributed by atoms with Crippen molar-refractivity contribution in [3.63, 3.8) is 0 Å². The van der Waals surface area contributed by atoms with Gasteiger partial charge < -0.3 is 16.2 Å². The van der Waals surface area contributed by atoms with Crippen molar-refractivity contribution in [3.05, 3.63) is 64.7 Å². The zero-order chi connectivity index (χ0) is 15.0. The van der Waals surface area contributed by atoms with Crippen LogP contribution >= 0.6 is 0 Å². The van der Waals surface area contributed by atoms with Gasteiger partial charge in [-0.15, -0.1) is 0 Å². The molecule has 4 heteroatoms. The van der Waals surface area contributed by atoms with Crippen LogP contribution in [0.5, 0.6) is 5.75 Å². The quantitative estimate of drug-likeness (QED) is 0.789. The molecule has 2 unspecified atom stereocenters. The minimum absolute atomic E-state index is 0.120. The molecule has 3 rings (SSSR count). The fraction of sp³-hybridized carbons (Fsp3) is 0.235. The lowest BCUT2D eigenvalue weighted by Gasteiger charge is -2.19. The molecular weight excluding hydrogens is 264 g/mol. The highest BCUT2D eigenvalue weighted by Crippen LogP contribution is 2.30. The van der Waals surface area contributed by atoms with Gasteiger partial charge in [0.15, 0.2) is 0 Å². The number of nitrogens with one attached hydrogen (secondary N) is 1. The first-order valence-electron chi connectivity index (χ1n) is 7.00. The van der Waals surface area contributed by atoms with E-state index in [0.717, 1.165) is 17.5 Å². The molecule has 0 saturated carbocycles. The van der Waals surface area contributed by atoms with E-state index in [4.69, 9.17) is 5.73 Å². The van der Waals surface area contributed by atoms with E-state index in [1.807, 2.05) is 24.3 Å². The van der Waals surface area contributed by atoms with Gasteiger partial charge in [-0.2, -0.15) is 0 Å². The SMILES string of the molecule is Cc1ccc(C(=O)NC2c3ccccc3CC2N)cc1O. The van der Waals surface area contributed by atoms with Crippen LogP contribution in [0.1, 0.15) is 33.1 Å². The largest absolute Gasteiger partial charge is 0.508 e. The number of rotatable bonds is 2. The van der Waals surface area contributed by atoms with Gasteiger partial charge in [0.05, 0.1) is 6.04 Å². The standard InChI is InChI=1S/C17H18N2O2/c1-10-6-7-12(9-15(10)20)17(21)19-16-13-5-3-2-4-11(13)8-14(16)18/h2-7,9,14,16,20H,8,18H2,1H3,(H,19,21). The minimum Gasteiger partial charge on any atom is -0.508 e. The van der Waals surface area contributed by atoms with E-state index >= 15 is 0 Å². The molecule has 1 amide bonds. The average Bonchev–Trinajstić information content (AvgIpc) is 2.78. The van der Waals surface area contributed by atoms with Gasteiger partial charge >= 0.3 is 0 Å². The van der Waals surface area contributed by atoms with Gasteiger partial charge in [0.25, 0.3) is 5.91 Å². The number of fused-ring (bicyclic) bond motifs is 1. The summed E-state index contributed by atoms with van der Waals surface area (Å²) < 4.78 is 0. The number of carbonyl (C=O) groups excluding carboxylic acids is 1. The smallest absolute Gasteiger partial charge is 0.251 e. The van der Waals surface area contributed by atoms with Gasteiger partial charge in [-0.25, -0.2) is 0 Å². The molecule has 2 aromatic carbocycles. The van der Waals surface area contributed by atoms with E-state index in [1.54, 1.807) is 19.1 Å². The predicted octanol–water partition coefficient (Wildman–Crippen LogP) is 2.06. The molecule has 1 aliphatic rings. The van der Waals surface area contributed by atoms with E-state index in [1.165, 1.54) is 11.6 Å². The summed E-state index contributed by atoms with van der Waals surface area (Å²) in [5.74, 6) is -0.0961. The van der Waals surface area contributed by atoms with Crippen molar-refractivity contribution in [2.75, 3.05) is 0 Å². The van der Waals surface area contributed by atoms with Gasteiger partial charge in [-0.05, 0) is 42.2 Å². The van der Waals surface area contributed by atoms with E-state index in [2.05, 4.69) is 5.32 Å². The number of aromatic hydroxyl groups is 1. The number of benzene rings is 2. The summed E-state index contributed by atoms with van der Waals surface area (Å²) in [6.07, 6.45) is 0.764. The average molecular weight is 282 g/mol. The number of carbonyl (C=O) groups is 1. The molecule has 0 aromatic heterocycles. The Labute approximate surface area is 123 Å². The van der Waals surface area contributed by atoms with Crippen LogP contribution in [0.4, 0.5) is 0 Å². The Morgan fingerprint density at radius 3 is 2.81 bits per heavy atom. The first-order valence-corrected chi connectivity index (χ1v) is 7.00. The van der Waals surface area contributed by atoms with Crippen molar-refractivity contribution < 1.29 is 9.90 Å². The first-order chi connectivity index (χ1) is 10.1. The van der Waals surface area contributed by atoms with Crippen LogP contribution in [0.3, 0.4) is 0 Å². The number of phenols is 1. The molecule has 0 fully saturated rings. The monoisotopic (exact) mass is 282 g/mol. The lowest BCUT2D eigenvalue weighted by atomic mass is 10.1. The van der Waals surface area contributed by atoms with Crippen molar-refractivity contribution in [1.82, 2.24) is 5.32 Å². The summed E-state index contributed by atoms with van der Waals surface area (Å²) in [7, 11) is 0. The van der Waals surface area contributed by atoms with E-state index in [0.29, 0.717) is 5.56 Å². The summed E-state index contributed by atoms with van der Waals surface area (Å²) in [6, 6.07) is 12.6. The Morgan fingerprint density at radius 1 is 1.29 bits per heavy atom. The maximum absolute atomic E-state index is 12.3. The summed E-state index contributed by atoms with van der Waals surface area (Å²) in [5.41, 5.74) is 9.59. The molecule has 0 heterocycles. The van der Waals surface area contributed by atoms with Crippen LogP contribution < -0.4 is 11.1 Å². The van der Waals surface area contributed by atoms with Crippen LogP contribution in [0.15, 0.2) is 42.5 Å². The second kappa shape index (κ2) is 5.22. The molecule has 1 aliphatic carbocycles. The van der Waals surface area contributed by atoms with Crippen LogP contribution in [-0.4, -0.2) is 17.1 Å². The van der Waals surface area contributed by atoms with Crippen LogP contribution in [-0.2, 0) is 6.42 Å². The zero-order valence-electron chi connectivity index (χ0n) is 11.8. The van der Waals surface area contributed by atoms with E-state index in [9.17, 15) is 9.90 Å². The minimum atomic E-state index is -0.220. The lowest BCUT2D eigenvalue weighted by molar-refractivity contribution is 0.0932. The van der Waals surface area contributed by atoms with Crippen molar-refractivity contribution >= 4 is 5.91 Å². The normalized spacial score (nSPS) is 20.1. The lowest BCUT2D eigenvalue weighted by Crippen LogP contribution is -2.38. The third-order valence-corrected chi connectivity index (χ3v) is 4.03. The number of hydrogen-bond acceptors (Lipinski definition) is 3. The molecule has 0 bridgehead atoms. The Kier molecular flexibility index (Phi) is 3.39. The van der Waals surface area contributed by atoms with Crippen molar-refractivity contribution in [2.24, 2.45) is 5.73 Å². The fourth-order valence-corrected chi connectivity index (χ4v) is 2.79. The van der Waals surface area contributed by atoms with Crippen molar-refractivity contribution in [3.8, 4) is 5.75 Å². The number of hydrogen-bond donors (Lipinski definition) is 3. The Balaban J connectivity index is 1.83. The number of phenolic OH excluding ortho intramolecular Hbond substituents is 1. The highest BCUT2D eigenvalue weighted by atomic mass is 16.3. The fourth-order valence-electron chi connectivity index (χ4n) is 2.79. The van der Waals surface area contributed by atoms with Gasteiger partial charge in [0.2, 0.25) is 0 Å². The molecule has 0 radical (unpaired) electrons. The predicted molar refractivity (Wildman–Crippen MR) is 81.2 cm³/mol. The second-order valence-corrected chi connectivity index (χ2v) is 5.52. The second-order valence-electron chi connectivity index (χ2n) is 5.52. The Hall–Kier alpha value is -2.33.